The number of rotatable bonds is 8. The van der Waals surface area contributed by atoms with E-state index in [-0.39, 0.29) is 11.7 Å². The van der Waals surface area contributed by atoms with E-state index in [0.717, 1.165) is 29.7 Å². The van der Waals surface area contributed by atoms with E-state index in [9.17, 15) is 9.59 Å². The van der Waals surface area contributed by atoms with Crippen LogP contribution in [0.2, 0.25) is 0 Å². The number of anilines is 1. The van der Waals surface area contributed by atoms with Gasteiger partial charge in [-0.1, -0.05) is 24.8 Å². The second-order valence-corrected chi connectivity index (χ2v) is 9.49. The summed E-state index contributed by atoms with van der Waals surface area (Å²) < 4.78 is 7.26. The van der Waals surface area contributed by atoms with Crippen molar-refractivity contribution in [3.63, 3.8) is 0 Å². The Morgan fingerprint density at radius 3 is 3.03 bits per heavy atom. The van der Waals surface area contributed by atoms with Gasteiger partial charge in [-0.3, -0.25) is 14.2 Å². The van der Waals surface area contributed by atoms with Crippen LogP contribution in [0.15, 0.2) is 40.6 Å². The number of aromatic nitrogens is 3. The monoisotopic (exact) mass is 457 g/mol. The number of thiophene rings is 1. The Hall–Kier alpha value is -2.85. The lowest BCUT2D eigenvalue weighted by Crippen LogP contribution is -2.20. The number of fused-ring (bicyclic) bond motifs is 1. The Labute approximate surface area is 187 Å². The Balaban J connectivity index is 1.48. The summed E-state index contributed by atoms with van der Waals surface area (Å²) in [5.74, 6) is 1.12. The molecule has 0 bridgehead atoms. The van der Waals surface area contributed by atoms with Gasteiger partial charge < -0.3 is 15.5 Å². The molecule has 1 aliphatic carbocycles. The molecule has 0 aromatic carbocycles. The minimum Gasteiger partial charge on any atom is -0.461 e. The number of hydrogen-bond donors (Lipinski definition) is 2. The largest absolute Gasteiger partial charge is 0.461 e. The van der Waals surface area contributed by atoms with Gasteiger partial charge in [0, 0.05) is 11.4 Å². The number of primary amides is 1. The molecule has 10 heteroatoms. The molecule has 0 saturated heterocycles. The highest BCUT2D eigenvalue weighted by molar-refractivity contribution is 7.99. The van der Waals surface area contributed by atoms with E-state index in [0.29, 0.717) is 39.8 Å². The van der Waals surface area contributed by atoms with Gasteiger partial charge in [0.2, 0.25) is 11.7 Å². The summed E-state index contributed by atoms with van der Waals surface area (Å²) in [7, 11) is 0. The number of thioether (sulfide) groups is 1. The van der Waals surface area contributed by atoms with Crippen LogP contribution in [0.1, 0.15) is 34.1 Å². The van der Waals surface area contributed by atoms with Crippen molar-refractivity contribution in [1.29, 1.82) is 0 Å². The first-order chi connectivity index (χ1) is 15.0. The van der Waals surface area contributed by atoms with Crippen molar-refractivity contribution in [2.75, 3.05) is 11.1 Å². The molecular formula is C21H23N5O3S2. The van der Waals surface area contributed by atoms with Gasteiger partial charge in [-0.25, -0.2) is 0 Å². The van der Waals surface area contributed by atoms with E-state index in [1.807, 2.05) is 4.57 Å². The summed E-state index contributed by atoms with van der Waals surface area (Å²) in [6.07, 6.45) is 6.04. The molecule has 2 amide bonds. The molecule has 3 N–H and O–H groups in total. The fraction of sp³-hybridized carbons (Fsp3) is 0.333. The number of carbonyl (C=O) groups excluding carboxylic acids is 2. The molecular weight excluding hydrogens is 434 g/mol. The number of allylic oxidation sites excluding steroid dienone is 1. The number of hydrogen-bond acceptors (Lipinski definition) is 7. The van der Waals surface area contributed by atoms with Crippen LogP contribution in [0.3, 0.4) is 0 Å². The first-order valence-corrected chi connectivity index (χ1v) is 11.7. The quantitative estimate of drug-likeness (QED) is 0.393. The predicted octanol–water partition coefficient (Wildman–Crippen LogP) is 3.74. The van der Waals surface area contributed by atoms with Crippen LogP contribution in [0.5, 0.6) is 0 Å². The molecule has 31 heavy (non-hydrogen) atoms. The molecule has 3 aromatic heterocycles. The van der Waals surface area contributed by atoms with E-state index in [1.54, 1.807) is 24.5 Å². The molecule has 1 unspecified atom stereocenters. The number of nitrogens with two attached hydrogens (primary N) is 1. The third kappa shape index (κ3) is 4.45. The standard InChI is InChI=1S/C21H23N5O3S2/c1-3-8-26-19(14-5-4-9-29-14)24-25-21(26)30-11-16(27)23-20-17(18(22)28)13-7-6-12(2)10-15(13)31-20/h3-5,9,12H,1,6-8,10-11H2,2H3,(H2,22,28)(H,23,27). The molecule has 0 fully saturated rings. The normalized spacial score (nSPS) is 15.5. The molecule has 1 atom stereocenters. The maximum absolute atomic E-state index is 12.7. The molecule has 3 heterocycles. The summed E-state index contributed by atoms with van der Waals surface area (Å²) >= 11 is 2.72. The Kier molecular flexibility index (Phi) is 6.28. The van der Waals surface area contributed by atoms with Gasteiger partial charge >= 0.3 is 0 Å². The molecule has 1 aliphatic rings. The molecule has 0 aliphatic heterocycles. The van der Waals surface area contributed by atoms with Crippen LogP contribution >= 0.6 is 23.1 Å². The Morgan fingerprint density at radius 1 is 1.48 bits per heavy atom. The van der Waals surface area contributed by atoms with E-state index in [2.05, 4.69) is 29.0 Å². The summed E-state index contributed by atoms with van der Waals surface area (Å²) in [6, 6.07) is 3.58. The summed E-state index contributed by atoms with van der Waals surface area (Å²) in [5.41, 5.74) is 7.08. The molecule has 8 nitrogen and oxygen atoms in total. The van der Waals surface area contributed by atoms with Crippen molar-refractivity contribution in [3.8, 4) is 11.6 Å². The lowest BCUT2D eigenvalue weighted by molar-refractivity contribution is -0.113. The lowest BCUT2D eigenvalue weighted by atomic mass is 9.88. The number of carbonyl (C=O) groups is 2. The van der Waals surface area contributed by atoms with Crippen molar-refractivity contribution in [1.82, 2.24) is 14.8 Å². The molecule has 4 rings (SSSR count). The van der Waals surface area contributed by atoms with Crippen molar-refractivity contribution in [3.05, 3.63) is 47.1 Å². The maximum atomic E-state index is 12.7. The third-order valence-corrected chi connectivity index (χ3v) is 7.25. The second-order valence-electron chi connectivity index (χ2n) is 7.44. The Bertz CT molecular complexity index is 1120. The highest BCUT2D eigenvalue weighted by Gasteiger charge is 2.27. The van der Waals surface area contributed by atoms with E-state index >= 15 is 0 Å². The molecule has 162 valence electrons. The first-order valence-electron chi connectivity index (χ1n) is 9.92. The second kappa shape index (κ2) is 9.11. The number of nitrogens with zero attached hydrogens (tertiary/aromatic N) is 3. The lowest BCUT2D eigenvalue weighted by Gasteiger charge is -2.18. The zero-order chi connectivity index (χ0) is 22.0. The van der Waals surface area contributed by atoms with Crippen molar-refractivity contribution in [2.45, 2.75) is 37.9 Å². The van der Waals surface area contributed by atoms with Gasteiger partial charge in [0.05, 0.1) is 17.6 Å². The topological polar surface area (TPSA) is 116 Å². The molecule has 0 radical (unpaired) electrons. The van der Waals surface area contributed by atoms with Gasteiger partial charge in [-0.2, -0.15) is 0 Å². The maximum Gasteiger partial charge on any atom is 0.251 e. The number of furan rings is 1. The highest BCUT2D eigenvalue weighted by Crippen LogP contribution is 2.39. The third-order valence-electron chi connectivity index (χ3n) is 5.11. The van der Waals surface area contributed by atoms with Crippen LogP contribution in [-0.4, -0.2) is 32.3 Å². The minimum absolute atomic E-state index is 0.116. The van der Waals surface area contributed by atoms with Gasteiger partial charge in [-0.15, -0.1) is 28.1 Å². The van der Waals surface area contributed by atoms with Crippen molar-refractivity contribution < 1.29 is 14.0 Å². The minimum atomic E-state index is -0.496. The SMILES string of the molecule is C=CCn1c(SCC(=O)Nc2sc3c(c2C(N)=O)CCC(C)C3)nnc1-c1ccco1. The van der Waals surface area contributed by atoms with E-state index < -0.39 is 5.91 Å². The van der Waals surface area contributed by atoms with Gasteiger partial charge in [0.25, 0.3) is 5.91 Å². The highest BCUT2D eigenvalue weighted by atomic mass is 32.2. The zero-order valence-corrected chi connectivity index (χ0v) is 18.7. The molecule has 3 aromatic rings. The van der Waals surface area contributed by atoms with E-state index in [4.69, 9.17) is 10.2 Å². The summed E-state index contributed by atoms with van der Waals surface area (Å²) in [5, 5.41) is 12.4. The van der Waals surface area contributed by atoms with Crippen LogP contribution < -0.4 is 11.1 Å². The average Bonchev–Trinajstić information content (AvgIpc) is 3.44. The van der Waals surface area contributed by atoms with Gasteiger partial charge in [0.15, 0.2) is 10.9 Å². The average molecular weight is 458 g/mol. The van der Waals surface area contributed by atoms with Crippen molar-refractivity contribution in [2.24, 2.45) is 11.7 Å². The zero-order valence-electron chi connectivity index (χ0n) is 17.1. The van der Waals surface area contributed by atoms with Crippen LogP contribution in [0.4, 0.5) is 5.00 Å². The number of amides is 2. The predicted molar refractivity (Wildman–Crippen MR) is 121 cm³/mol. The van der Waals surface area contributed by atoms with Crippen LogP contribution in [0.25, 0.3) is 11.6 Å². The summed E-state index contributed by atoms with van der Waals surface area (Å²) in [4.78, 5) is 25.9. The molecule has 0 saturated carbocycles. The van der Waals surface area contributed by atoms with Crippen LogP contribution in [0, 0.1) is 5.92 Å². The van der Waals surface area contributed by atoms with Crippen LogP contribution in [-0.2, 0) is 24.2 Å². The van der Waals surface area contributed by atoms with Gasteiger partial charge in [0.1, 0.15) is 5.00 Å². The smallest absolute Gasteiger partial charge is 0.251 e. The van der Waals surface area contributed by atoms with E-state index in [1.165, 1.54) is 23.1 Å². The fourth-order valence-corrected chi connectivity index (χ4v) is 5.85. The molecule has 0 spiro atoms. The first kappa shape index (κ1) is 21.4. The van der Waals surface area contributed by atoms with Crippen molar-refractivity contribution >= 4 is 39.9 Å². The van der Waals surface area contributed by atoms with Gasteiger partial charge in [-0.05, 0) is 42.9 Å². The summed E-state index contributed by atoms with van der Waals surface area (Å²) in [6.45, 7) is 6.45. The fourth-order valence-electron chi connectivity index (χ4n) is 3.67. The Morgan fingerprint density at radius 2 is 2.32 bits per heavy atom. The number of nitrogens with one attached hydrogen (secondary N) is 1.